The van der Waals surface area contributed by atoms with E-state index in [4.69, 9.17) is 14.6 Å². The van der Waals surface area contributed by atoms with Gasteiger partial charge in [0.2, 0.25) is 0 Å². The van der Waals surface area contributed by atoms with Crippen molar-refractivity contribution >= 4 is 11.6 Å². The average Bonchev–Trinajstić information content (AvgIpc) is 3.19. The molecule has 1 amide bonds. The molecule has 0 bridgehead atoms. The van der Waals surface area contributed by atoms with Crippen LogP contribution in [0.25, 0.3) is 0 Å². The highest BCUT2D eigenvalue weighted by molar-refractivity contribution is 6.03. The van der Waals surface area contributed by atoms with Gasteiger partial charge in [-0.1, -0.05) is 42.0 Å². The Morgan fingerprint density at radius 1 is 1.12 bits per heavy atom. The maximum Gasteiger partial charge on any atom is 0.257 e. The molecule has 1 saturated heterocycles. The van der Waals surface area contributed by atoms with Crippen LogP contribution in [0.15, 0.2) is 53.6 Å². The number of amides is 1. The Morgan fingerprint density at radius 3 is 2.50 bits per heavy atom. The van der Waals surface area contributed by atoms with Gasteiger partial charge >= 0.3 is 0 Å². The molecule has 4 rings (SSSR count). The van der Waals surface area contributed by atoms with Crippen LogP contribution in [-0.2, 0) is 9.53 Å². The summed E-state index contributed by atoms with van der Waals surface area (Å²) in [4.78, 5) is 15.6. The first kappa shape index (κ1) is 22.5. The number of hydrogen-bond donors (Lipinski definition) is 0. The predicted molar refractivity (Wildman–Crippen MR) is 126 cm³/mol. The molecule has 2 heterocycles. The Balaban J connectivity index is 1.58. The van der Waals surface area contributed by atoms with Crippen molar-refractivity contribution < 1.29 is 14.3 Å². The van der Waals surface area contributed by atoms with E-state index in [0.29, 0.717) is 19.6 Å². The number of aryl methyl sites for hydroxylation is 1. The Hall–Kier alpha value is -2.70. The van der Waals surface area contributed by atoms with E-state index in [2.05, 4.69) is 43.9 Å². The summed E-state index contributed by atoms with van der Waals surface area (Å²) in [6, 6.07) is 16.2. The molecule has 0 saturated carbocycles. The summed E-state index contributed by atoms with van der Waals surface area (Å²) in [5.74, 6) is 0.857. The number of carbonyl (C=O) groups is 1. The smallest absolute Gasteiger partial charge is 0.257 e. The first-order chi connectivity index (χ1) is 15.4. The van der Waals surface area contributed by atoms with E-state index in [1.54, 1.807) is 5.01 Å². The fourth-order valence-electron chi connectivity index (χ4n) is 4.63. The lowest BCUT2D eigenvalue weighted by Crippen LogP contribution is -2.49. The van der Waals surface area contributed by atoms with Gasteiger partial charge in [-0.05, 0) is 51.0 Å². The van der Waals surface area contributed by atoms with Gasteiger partial charge in [-0.3, -0.25) is 9.69 Å². The second-order valence-electron chi connectivity index (χ2n) is 8.83. The monoisotopic (exact) mass is 435 g/mol. The molecular weight excluding hydrogens is 402 g/mol. The standard InChI is InChI=1S/C26H33N3O3/c1-5-31-23-11-9-21(10-12-23)25-14-24(22-8-6-7-18(2)13-22)27-29(25)26(30)17-28-15-19(3)32-20(4)16-28/h6-13,19-20,25H,5,14-17H2,1-4H3. The molecule has 0 N–H and O–H groups in total. The Labute approximate surface area is 190 Å². The van der Waals surface area contributed by atoms with Crippen molar-refractivity contribution in [3.8, 4) is 5.75 Å². The number of nitrogens with zero attached hydrogens (tertiary/aromatic N) is 3. The molecule has 2 aliphatic rings. The zero-order valence-electron chi connectivity index (χ0n) is 19.5. The highest BCUT2D eigenvalue weighted by Crippen LogP contribution is 2.34. The third-order valence-corrected chi connectivity index (χ3v) is 5.95. The number of carbonyl (C=O) groups excluding carboxylic acids is 1. The molecule has 6 nitrogen and oxygen atoms in total. The van der Waals surface area contributed by atoms with Crippen molar-refractivity contribution in [2.24, 2.45) is 5.10 Å². The van der Waals surface area contributed by atoms with Gasteiger partial charge in [-0.25, -0.2) is 5.01 Å². The maximum atomic E-state index is 13.4. The van der Waals surface area contributed by atoms with Gasteiger partial charge in [-0.2, -0.15) is 5.10 Å². The number of rotatable bonds is 6. The average molecular weight is 436 g/mol. The van der Waals surface area contributed by atoms with Crippen LogP contribution in [-0.4, -0.2) is 60.0 Å². The summed E-state index contributed by atoms with van der Waals surface area (Å²) < 4.78 is 11.4. The van der Waals surface area contributed by atoms with Crippen LogP contribution in [0, 0.1) is 6.92 Å². The zero-order chi connectivity index (χ0) is 22.7. The van der Waals surface area contributed by atoms with E-state index in [0.717, 1.165) is 35.7 Å². The molecule has 0 aliphatic carbocycles. The Kier molecular flexibility index (Phi) is 6.92. The number of morpholine rings is 1. The van der Waals surface area contributed by atoms with Crippen LogP contribution < -0.4 is 4.74 Å². The van der Waals surface area contributed by atoms with Gasteiger partial charge < -0.3 is 9.47 Å². The summed E-state index contributed by atoms with van der Waals surface area (Å²) in [5.41, 5.74) is 4.27. The topological polar surface area (TPSA) is 54.4 Å². The largest absolute Gasteiger partial charge is 0.494 e. The van der Waals surface area contributed by atoms with Crippen LogP contribution in [0.5, 0.6) is 5.75 Å². The van der Waals surface area contributed by atoms with Crippen LogP contribution >= 0.6 is 0 Å². The van der Waals surface area contributed by atoms with Crippen molar-refractivity contribution in [1.82, 2.24) is 9.91 Å². The van der Waals surface area contributed by atoms with Gasteiger partial charge in [0, 0.05) is 19.5 Å². The van der Waals surface area contributed by atoms with Gasteiger partial charge in [0.05, 0.1) is 37.1 Å². The summed E-state index contributed by atoms with van der Waals surface area (Å²) in [6.07, 6.45) is 0.941. The van der Waals surface area contributed by atoms with Gasteiger partial charge in [-0.15, -0.1) is 0 Å². The molecular formula is C26H33N3O3. The molecule has 0 radical (unpaired) electrons. The summed E-state index contributed by atoms with van der Waals surface area (Å²) >= 11 is 0. The van der Waals surface area contributed by atoms with Gasteiger partial charge in [0.1, 0.15) is 5.75 Å². The van der Waals surface area contributed by atoms with E-state index in [1.165, 1.54) is 5.56 Å². The molecule has 1 fully saturated rings. The molecule has 3 atom stereocenters. The summed E-state index contributed by atoms with van der Waals surface area (Å²) in [5, 5.41) is 6.52. The molecule has 0 aromatic heterocycles. The first-order valence-electron chi connectivity index (χ1n) is 11.5. The normalized spacial score (nSPS) is 23.8. The van der Waals surface area contributed by atoms with Crippen molar-refractivity contribution in [2.75, 3.05) is 26.2 Å². The lowest BCUT2D eigenvalue weighted by molar-refractivity contribution is -0.137. The Morgan fingerprint density at radius 2 is 1.84 bits per heavy atom. The minimum Gasteiger partial charge on any atom is -0.494 e. The van der Waals surface area contributed by atoms with E-state index in [1.807, 2.05) is 37.3 Å². The maximum absolute atomic E-state index is 13.4. The van der Waals surface area contributed by atoms with Crippen molar-refractivity contribution in [1.29, 1.82) is 0 Å². The molecule has 6 heteroatoms. The predicted octanol–water partition coefficient (Wildman–Crippen LogP) is 4.18. The van der Waals surface area contributed by atoms with Crippen molar-refractivity contribution in [2.45, 2.75) is 52.4 Å². The minimum absolute atomic E-state index is 0.0211. The van der Waals surface area contributed by atoms with E-state index in [-0.39, 0.29) is 24.2 Å². The molecule has 32 heavy (non-hydrogen) atoms. The second-order valence-corrected chi connectivity index (χ2v) is 8.83. The quantitative estimate of drug-likeness (QED) is 0.683. The highest BCUT2D eigenvalue weighted by Gasteiger charge is 2.34. The zero-order valence-corrected chi connectivity index (χ0v) is 19.5. The number of benzene rings is 2. The summed E-state index contributed by atoms with van der Waals surface area (Å²) in [6.45, 7) is 10.6. The molecule has 0 spiro atoms. The van der Waals surface area contributed by atoms with E-state index in [9.17, 15) is 4.79 Å². The lowest BCUT2D eigenvalue weighted by Gasteiger charge is -2.35. The fourth-order valence-corrected chi connectivity index (χ4v) is 4.63. The first-order valence-corrected chi connectivity index (χ1v) is 11.5. The third-order valence-electron chi connectivity index (χ3n) is 5.95. The Bertz CT molecular complexity index is 963. The van der Waals surface area contributed by atoms with E-state index < -0.39 is 0 Å². The molecule has 170 valence electrons. The third kappa shape index (κ3) is 5.19. The van der Waals surface area contributed by atoms with Crippen LogP contribution in [0.3, 0.4) is 0 Å². The number of ether oxygens (including phenoxy) is 2. The minimum atomic E-state index is -0.121. The lowest BCUT2D eigenvalue weighted by atomic mass is 9.97. The van der Waals surface area contributed by atoms with Crippen LogP contribution in [0.4, 0.5) is 0 Å². The molecule has 2 aromatic carbocycles. The molecule has 3 unspecified atom stereocenters. The van der Waals surface area contributed by atoms with Crippen molar-refractivity contribution in [3.05, 3.63) is 65.2 Å². The van der Waals surface area contributed by atoms with Crippen LogP contribution in [0.2, 0.25) is 0 Å². The second kappa shape index (κ2) is 9.84. The number of hydrazone groups is 1. The highest BCUT2D eigenvalue weighted by atomic mass is 16.5. The van der Waals surface area contributed by atoms with Gasteiger partial charge in [0.25, 0.3) is 5.91 Å². The van der Waals surface area contributed by atoms with Gasteiger partial charge in [0.15, 0.2) is 0 Å². The molecule has 2 aromatic rings. The van der Waals surface area contributed by atoms with E-state index >= 15 is 0 Å². The van der Waals surface area contributed by atoms with Crippen molar-refractivity contribution in [3.63, 3.8) is 0 Å². The number of hydrogen-bond acceptors (Lipinski definition) is 5. The SMILES string of the molecule is CCOc1ccc(C2CC(c3cccc(C)c3)=NN2C(=O)CN2CC(C)OC(C)C2)cc1. The summed E-state index contributed by atoms with van der Waals surface area (Å²) in [7, 11) is 0. The van der Waals surface area contributed by atoms with Crippen LogP contribution in [0.1, 0.15) is 49.9 Å². The fraction of sp³-hybridized carbons (Fsp3) is 0.462. The molecule has 2 aliphatic heterocycles.